The quantitative estimate of drug-likeness (QED) is 0.773. The summed E-state index contributed by atoms with van der Waals surface area (Å²) in [5.74, 6) is 0.939. The average Bonchev–Trinajstić information content (AvgIpc) is 2.36. The summed E-state index contributed by atoms with van der Waals surface area (Å²) in [4.78, 5) is 25.8. The SMILES string of the molecule is COC(=O)C(NCC(=O)N1CC(C)CC(C)C1)C(C)C. The van der Waals surface area contributed by atoms with Crippen molar-refractivity contribution in [2.75, 3.05) is 26.7 Å². The van der Waals surface area contributed by atoms with Crippen molar-refractivity contribution in [3.8, 4) is 0 Å². The fraction of sp³-hybridized carbons (Fsp3) is 0.867. The number of nitrogens with zero attached hydrogens (tertiary/aromatic N) is 1. The maximum Gasteiger partial charge on any atom is 0.323 e. The van der Waals surface area contributed by atoms with Crippen molar-refractivity contribution >= 4 is 11.9 Å². The van der Waals surface area contributed by atoms with E-state index in [1.807, 2.05) is 18.7 Å². The van der Waals surface area contributed by atoms with Crippen LogP contribution in [0.25, 0.3) is 0 Å². The van der Waals surface area contributed by atoms with Crippen molar-refractivity contribution in [2.45, 2.75) is 40.2 Å². The first-order chi connectivity index (χ1) is 9.35. The van der Waals surface area contributed by atoms with Gasteiger partial charge in [0.1, 0.15) is 6.04 Å². The summed E-state index contributed by atoms with van der Waals surface area (Å²) in [6, 6.07) is -0.427. The molecule has 0 aromatic carbocycles. The lowest BCUT2D eigenvalue weighted by Crippen LogP contribution is -2.50. The largest absolute Gasteiger partial charge is 0.468 e. The minimum absolute atomic E-state index is 0.0675. The molecule has 20 heavy (non-hydrogen) atoms. The number of carbonyl (C=O) groups excluding carboxylic acids is 2. The second kappa shape index (κ2) is 7.62. The van der Waals surface area contributed by atoms with E-state index >= 15 is 0 Å². The highest BCUT2D eigenvalue weighted by molar-refractivity contribution is 5.80. The van der Waals surface area contributed by atoms with Crippen molar-refractivity contribution in [1.82, 2.24) is 10.2 Å². The smallest absolute Gasteiger partial charge is 0.323 e. The Kier molecular flexibility index (Phi) is 6.46. The topological polar surface area (TPSA) is 58.6 Å². The van der Waals surface area contributed by atoms with E-state index in [9.17, 15) is 9.59 Å². The summed E-state index contributed by atoms with van der Waals surface area (Å²) in [5, 5.41) is 3.03. The minimum Gasteiger partial charge on any atom is -0.468 e. The highest BCUT2D eigenvalue weighted by Gasteiger charge is 2.27. The highest BCUT2D eigenvalue weighted by Crippen LogP contribution is 2.20. The number of carbonyl (C=O) groups is 2. The number of rotatable bonds is 5. The van der Waals surface area contributed by atoms with Gasteiger partial charge in [-0.05, 0) is 24.2 Å². The maximum absolute atomic E-state index is 12.2. The summed E-state index contributed by atoms with van der Waals surface area (Å²) in [5.41, 5.74) is 0. The summed E-state index contributed by atoms with van der Waals surface area (Å²) in [6.07, 6.45) is 1.17. The molecule has 5 nitrogen and oxygen atoms in total. The molecule has 1 rings (SSSR count). The van der Waals surface area contributed by atoms with Crippen molar-refractivity contribution in [1.29, 1.82) is 0 Å². The zero-order valence-electron chi connectivity index (χ0n) is 13.3. The van der Waals surface area contributed by atoms with Gasteiger partial charge in [0.05, 0.1) is 13.7 Å². The Bertz CT molecular complexity index is 334. The van der Waals surface area contributed by atoms with Crippen molar-refractivity contribution in [3.63, 3.8) is 0 Å². The Morgan fingerprint density at radius 1 is 1.25 bits per heavy atom. The molecule has 116 valence electrons. The normalized spacial score (nSPS) is 24.6. The Morgan fingerprint density at radius 3 is 2.25 bits per heavy atom. The van der Waals surface area contributed by atoms with E-state index in [0.717, 1.165) is 13.1 Å². The highest BCUT2D eigenvalue weighted by atomic mass is 16.5. The van der Waals surface area contributed by atoms with Gasteiger partial charge in [-0.15, -0.1) is 0 Å². The molecule has 1 aliphatic rings. The molecular formula is C15H28N2O3. The number of esters is 1. The second-order valence-electron chi connectivity index (χ2n) is 6.37. The molecule has 0 aliphatic carbocycles. The van der Waals surface area contributed by atoms with Gasteiger partial charge in [0.25, 0.3) is 0 Å². The molecule has 5 heteroatoms. The molecule has 1 amide bonds. The lowest BCUT2D eigenvalue weighted by atomic mass is 9.92. The second-order valence-corrected chi connectivity index (χ2v) is 6.37. The van der Waals surface area contributed by atoms with Crippen molar-refractivity contribution in [3.05, 3.63) is 0 Å². The van der Waals surface area contributed by atoms with Crippen LogP contribution in [-0.4, -0.2) is 49.6 Å². The van der Waals surface area contributed by atoms with Crippen LogP contribution in [0.2, 0.25) is 0 Å². The number of ether oxygens (including phenoxy) is 1. The number of likely N-dealkylation sites (tertiary alicyclic amines) is 1. The van der Waals surface area contributed by atoms with Crippen LogP contribution in [0.15, 0.2) is 0 Å². The third-order valence-corrected chi connectivity index (χ3v) is 3.82. The molecule has 0 aromatic heterocycles. The molecule has 1 N–H and O–H groups in total. The molecule has 1 aliphatic heterocycles. The molecule has 3 unspecified atom stereocenters. The van der Waals surface area contributed by atoms with Crippen LogP contribution in [0.1, 0.15) is 34.1 Å². The summed E-state index contributed by atoms with van der Waals surface area (Å²) in [7, 11) is 1.37. The van der Waals surface area contributed by atoms with Gasteiger partial charge in [0.2, 0.25) is 5.91 Å². The molecule has 1 heterocycles. The fourth-order valence-corrected chi connectivity index (χ4v) is 2.89. The van der Waals surface area contributed by atoms with Crippen LogP contribution in [0, 0.1) is 17.8 Å². The Labute approximate surface area is 122 Å². The van der Waals surface area contributed by atoms with E-state index in [4.69, 9.17) is 4.74 Å². The van der Waals surface area contributed by atoms with Gasteiger partial charge >= 0.3 is 5.97 Å². The molecule has 0 bridgehead atoms. The summed E-state index contributed by atoms with van der Waals surface area (Å²) >= 11 is 0. The first kappa shape index (κ1) is 17.0. The van der Waals surface area contributed by atoms with Gasteiger partial charge in [-0.2, -0.15) is 0 Å². The zero-order valence-corrected chi connectivity index (χ0v) is 13.3. The predicted molar refractivity (Wildman–Crippen MR) is 78.2 cm³/mol. The van der Waals surface area contributed by atoms with E-state index in [1.54, 1.807) is 0 Å². The number of methoxy groups -OCH3 is 1. The van der Waals surface area contributed by atoms with Crippen LogP contribution in [0.3, 0.4) is 0 Å². The summed E-state index contributed by atoms with van der Waals surface area (Å²) in [6.45, 7) is 10.0. The van der Waals surface area contributed by atoms with E-state index in [0.29, 0.717) is 11.8 Å². The monoisotopic (exact) mass is 284 g/mol. The molecular weight excluding hydrogens is 256 g/mol. The number of hydrogen-bond donors (Lipinski definition) is 1. The molecule has 0 spiro atoms. The number of hydrogen-bond acceptors (Lipinski definition) is 4. The molecule has 1 fully saturated rings. The maximum atomic E-state index is 12.2. The fourth-order valence-electron chi connectivity index (χ4n) is 2.89. The summed E-state index contributed by atoms with van der Waals surface area (Å²) < 4.78 is 4.76. The third kappa shape index (κ3) is 4.78. The number of amides is 1. The van der Waals surface area contributed by atoms with Gasteiger partial charge in [-0.1, -0.05) is 27.7 Å². The zero-order chi connectivity index (χ0) is 15.3. The first-order valence-corrected chi connectivity index (χ1v) is 7.44. The van der Waals surface area contributed by atoms with Crippen LogP contribution >= 0.6 is 0 Å². The van der Waals surface area contributed by atoms with Gasteiger partial charge in [0.15, 0.2) is 0 Å². The molecule has 3 atom stereocenters. The van der Waals surface area contributed by atoms with Crippen molar-refractivity contribution < 1.29 is 14.3 Å². The van der Waals surface area contributed by atoms with Crippen LogP contribution < -0.4 is 5.32 Å². The van der Waals surface area contributed by atoms with Gasteiger partial charge in [-0.25, -0.2) is 0 Å². The number of piperidine rings is 1. The van der Waals surface area contributed by atoms with Gasteiger partial charge < -0.3 is 9.64 Å². The van der Waals surface area contributed by atoms with E-state index in [2.05, 4.69) is 19.2 Å². The minimum atomic E-state index is -0.427. The third-order valence-electron chi connectivity index (χ3n) is 3.82. The standard InChI is InChI=1S/C15H28N2O3/c1-10(2)14(15(19)20-5)16-7-13(18)17-8-11(3)6-12(4)9-17/h10-12,14,16H,6-9H2,1-5H3. The van der Waals surface area contributed by atoms with Crippen LogP contribution in [0.5, 0.6) is 0 Å². The van der Waals surface area contributed by atoms with E-state index in [-0.39, 0.29) is 24.3 Å². The Hall–Kier alpha value is -1.10. The first-order valence-electron chi connectivity index (χ1n) is 7.44. The molecule has 1 saturated heterocycles. The van der Waals surface area contributed by atoms with Crippen LogP contribution in [-0.2, 0) is 14.3 Å². The molecule has 0 aromatic rings. The average molecular weight is 284 g/mol. The van der Waals surface area contributed by atoms with E-state index in [1.165, 1.54) is 13.5 Å². The lowest BCUT2D eigenvalue weighted by Gasteiger charge is -2.35. The Balaban J connectivity index is 2.50. The van der Waals surface area contributed by atoms with Gasteiger partial charge in [-0.3, -0.25) is 14.9 Å². The van der Waals surface area contributed by atoms with E-state index < -0.39 is 6.04 Å². The van der Waals surface area contributed by atoms with Gasteiger partial charge in [0, 0.05) is 13.1 Å². The Morgan fingerprint density at radius 2 is 1.80 bits per heavy atom. The predicted octanol–water partition coefficient (Wildman–Crippen LogP) is 1.28. The number of nitrogens with one attached hydrogen (secondary N) is 1. The van der Waals surface area contributed by atoms with Crippen molar-refractivity contribution in [2.24, 2.45) is 17.8 Å². The van der Waals surface area contributed by atoms with Crippen LogP contribution in [0.4, 0.5) is 0 Å². The molecule has 0 saturated carbocycles. The lowest BCUT2D eigenvalue weighted by molar-refractivity contribution is -0.144. The molecule has 0 radical (unpaired) electrons.